The molecule has 150 valence electrons. The van der Waals surface area contributed by atoms with Crippen molar-refractivity contribution in [2.75, 3.05) is 6.54 Å². The number of hydrogen-bond donors (Lipinski definition) is 1. The Morgan fingerprint density at radius 3 is 2.34 bits per heavy atom. The van der Waals surface area contributed by atoms with Crippen LogP contribution in [0.2, 0.25) is 0 Å². The largest absolute Gasteiger partial charge is 0.240 e. The van der Waals surface area contributed by atoms with Gasteiger partial charge in [-0.2, -0.15) is 0 Å². The molecule has 0 radical (unpaired) electrons. The highest BCUT2D eigenvalue weighted by Crippen LogP contribution is 2.36. The lowest BCUT2D eigenvalue weighted by Gasteiger charge is -2.21. The van der Waals surface area contributed by atoms with Crippen LogP contribution < -0.4 is 4.72 Å². The maximum atomic E-state index is 13.1. The number of nitrogens with one attached hydrogen (secondary N) is 1. The minimum absolute atomic E-state index is 0.00673. The van der Waals surface area contributed by atoms with Crippen LogP contribution in [0.5, 0.6) is 0 Å². The number of rotatable bonds is 5. The van der Waals surface area contributed by atoms with Crippen molar-refractivity contribution in [1.82, 2.24) is 4.72 Å². The molecule has 0 amide bonds. The van der Waals surface area contributed by atoms with Gasteiger partial charge in [0, 0.05) is 13.0 Å². The lowest BCUT2D eigenvalue weighted by atomic mass is 10.0. The van der Waals surface area contributed by atoms with Crippen LogP contribution in [0.3, 0.4) is 0 Å². The Kier molecular flexibility index (Phi) is 5.06. The lowest BCUT2D eigenvalue weighted by molar-refractivity contribution is 0.580. The van der Waals surface area contributed by atoms with Crippen molar-refractivity contribution in [3.05, 3.63) is 89.0 Å². The predicted octanol–water partition coefficient (Wildman–Crippen LogP) is 3.25. The molecule has 1 aliphatic rings. The van der Waals surface area contributed by atoms with Gasteiger partial charge in [-0.25, -0.2) is 21.6 Å². The van der Waals surface area contributed by atoms with Crippen LogP contribution >= 0.6 is 0 Å². The highest BCUT2D eigenvalue weighted by molar-refractivity contribution is 7.92. The Morgan fingerprint density at radius 1 is 0.897 bits per heavy atom. The van der Waals surface area contributed by atoms with E-state index < -0.39 is 19.9 Å². The molecule has 5 nitrogen and oxygen atoms in total. The zero-order valence-electron chi connectivity index (χ0n) is 15.9. The summed E-state index contributed by atoms with van der Waals surface area (Å²) in [6.07, 6.45) is 1.02. The van der Waals surface area contributed by atoms with Crippen LogP contribution in [-0.4, -0.2) is 23.4 Å². The second kappa shape index (κ2) is 7.40. The molecule has 0 fully saturated rings. The molecule has 1 heterocycles. The average Bonchev–Trinajstić information content (AvgIpc) is 2.68. The van der Waals surface area contributed by atoms with Gasteiger partial charge in [0.15, 0.2) is 0 Å². The molecule has 1 aliphatic heterocycles. The van der Waals surface area contributed by atoms with Crippen molar-refractivity contribution in [2.24, 2.45) is 0 Å². The van der Waals surface area contributed by atoms with Gasteiger partial charge in [0.05, 0.1) is 14.7 Å². The Labute approximate surface area is 171 Å². The minimum atomic E-state index is -3.84. The van der Waals surface area contributed by atoms with E-state index in [1.165, 1.54) is 6.07 Å². The summed E-state index contributed by atoms with van der Waals surface area (Å²) in [6, 6.07) is 19.4. The molecule has 4 rings (SSSR count). The Balaban J connectivity index is 1.66. The molecular weight excluding hydrogens is 406 g/mol. The molecule has 3 aromatic carbocycles. The summed E-state index contributed by atoms with van der Waals surface area (Å²) in [7, 11) is -7.59. The number of sulfonamides is 1. The SMILES string of the molecule is Cc1cc2c(cc1S(=O)(=O)NCCc1ccccc1)S(=O)(=O)c1ccccc1C2. The van der Waals surface area contributed by atoms with Gasteiger partial charge in [0.1, 0.15) is 0 Å². The zero-order chi connectivity index (χ0) is 20.6. The topological polar surface area (TPSA) is 80.3 Å². The van der Waals surface area contributed by atoms with Gasteiger partial charge in [-0.3, -0.25) is 0 Å². The van der Waals surface area contributed by atoms with E-state index in [4.69, 9.17) is 0 Å². The maximum Gasteiger partial charge on any atom is 0.240 e. The van der Waals surface area contributed by atoms with E-state index in [9.17, 15) is 16.8 Å². The lowest BCUT2D eigenvalue weighted by Crippen LogP contribution is -2.27. The van der Waals surface area contributed by atoms with Crippen molar-refractivity contribution >= 4 is 19.9 Å². The van der Waals surface area contributed by atoms with Crippen LogP contribution in [0.1, 0.15) is 22.3 Å². The molecule has 1 N–H and O–H groups in total. The second-order valence-corrected chi connectivity index (χ2v) is 10.8. The maximum absolute atomic E-state index is 13.1. The Bertz CT molecular complexity index is 1280. The van der Waals surface area contributed by atoms with Gasteiger partial charge in [-0.1, -0.05) is 54.6 Å². The standard InChI is InChI=1S/C22H21NO4S2/c1-16-13-19-14-18-9-5-6-10-20(18)28(24,25)22(19)15-21(16)29(26,27)23-12-11-17-7-3-2-4-8-17/h2-10,13,15,23H,11-12,14H2,1H3. The third-order valence-corrected chi connectivity index (χ3v) is 8.67. The van der Waals surface area contributed by atoms with Crippen LogP contribution in [0.25, 0.3) is 0 Å². The molecule has 7 heteroatoms. The second-order valence-electron chi connectivity index (χ2n) is 7.15. The van der Waals surface area contributed by atoms with Gasteiger partial charge < -0.3 is 0 Å². The molecule has 0 atom stereocenters. The van der Waals surface area contributed by atoms with Crippen LogP contribution in [0.4, 0.5) is 0 Å². The van der Waals surface area contributed by atoms with E-state index in [1.807, 2.05) is 36.4 Å². The first-order chi connectivity index (χ1) is 13.8. The fraction of sp³-hybridized carbons (Fsp3) is 0.182. The van der Waals surface area contributed by atoms with Crippen LogP contribution in [-0.2, 0) is 32.7 Å². The van der Waals surface area contributed by atoms with E-state index in [2.05, 4.69) is 4.72 Å². The van der Waals surface area contributed by atoms with Gasteiger partial charge in [-0.15, -0.1) is 0 Å². The van der Waals surface area contributed by atoms with Crippen LogP contribution in [0.15, 0.2) is 81.4 Å². The summed E-state index contributed by atoms with van der Waals surface area (Å²) in [6.45, 7) is 1.93. The number of hydrogen-bond acceptors (Lipinski definition) is 4. The Morgan fingerprint density at radius 2 is 1.59 bits per heavy atom. The van der Waals surface area contributed by atoms with Crippen molar-refractivity contribution in [1.29, 1.82) is 0 Å². The normalized spacial score (nSPS) is 14.8. The summed E-state index contributed by atoms with van der Waals surface area (Å²) in [5.74, 6) is 0. The zero-order valence-corrected chi connectivity index (χ0v) is 17.6. The Hall–Kier alpha value is -2.48. The first-order valence-corrected chi connectivity index (χ1v) is 12.3. The number of fused-ring (bicyclic) bond motifs is 2. The predicted molar refractivity (Wildman–Crippen MR) is 111 cm³/mol. The van der Waals surface area contributed by atoms with Crippen molar-refractivity contribution in [2.45, 2.75) is 34.5 Å². The highest BCUT2D eigenvalue weighted by atomic mass is 32.2. The van der Waals surface area contributed by atoms with E-state index in [-0.39, 0.29) is 21.2 Å². The third-order valence-electron chi connectivity index (χ3n) is 5.13. The molecular formula is C22H21NO4S2. The van der Waals surface area contributed by atoms with Crippen molar-refractivity contribution in [3.8, 4) is 0 Å². The molecule has 29 heavy (non-hydrogen) atoms. The van der Waals surface area contributed by atoms with E-state index in [0.29, 0.717) is 24.0 Å². The average molecular weight is 428 g/mol. The summed E-state index contributed by atoms with van der Waals surface area (Å²) in [5.41, 5.74) is 2.92. The molecule has 0 bridgehead atoms. The van der Waals surface area contributed by atoms with Gasteiger partial charge >= 0.3 is 0 Å². The monoisotopic (exact) mass is 427 g/mol. The van der Waals surface area contributed by atoms with E-state index in [1.54, 1.807) is 31.2 Å². The van der Waals surface area contributed by atoms with E-state index >= 15 is 0 Å². The molecule has 0 saturated heterocycles. The smallest absolute Gasteiger partial charge is 0.218 e. The molecule has 0 aromatic heterocycles. The number of benzene rings is 3. The van der Waals surface area contributed by atoms with Gasteiger partial charge in [0.2, 0.25) is 19.9 Å². The fourth-order valence-corrected chi connectivity index (χ4v) is 6.78. The molecule has 0 spiro atoms. The number of aryl methyl sites for hydroxylation is 1. The summed E-state index contributed by atoms with van der Waals surface area (Å²) < 4.78 is 54.5. The molecule has 0 unspecified atom stereocenters. The van der Waals surface area contributed by atoms with E-state index in [0.717, 1.165) is 11.1 Å². The first kappa shape index (κ1) is 19.8. The first-order valence-electron chi connectivity index (χ1n) is 9.29. The number of sulfone groups is 1. The van der Waals surface area contributed by atoms with Gasteiger partial charge in [0.25, 0.3) is 0 Å². The fourth-order valence-electron chi connectivity index (χ4n) is 3.69. The van der Waals surface area contributed by atoms with Gasteiger partial charge in [-0.05, 0) is 47.7 Å². The summed E-state index contributed by atoms with van der Waals surface area (Å²) in [5, 5.41) is 0. The molecule has 0 saturated carbocycles. The van der Waals surface area contributed by atoms with Crippen molar-refractivity contribution in [3.63, 3.8) is 0 Å². The van der Waals surface area contributed by atoms with Crippen molar-refractivity contribution < 1.29 is 16.8 Å². The quantitative estimate of drug-likeness (QED) is 0.530. The highest BCUT2D eigenvalue weighted by Gasteiger charge is 2.31. The summed E-state index contributed by atoms with van der Waals surface area (Å²) in [4.78, 5) is 0.328. The molecule has 0 aliphatic carbocycles. The minimum Gasteiger partial charge on any atom is -0.218 e. The molecule has 3 aromatic rings. The summed E-state index contributed by atoms with van der Waals surface area (Å²) >= 11 is 0. The van der Waals surface area contributed by atoms with Crippen LogP contribution in [0, 0.1) is 6.92 Å². The third kappa shape index (κ3) is 3.73.